The molecule has 0 amide bonds. The van der Waals surface area contributed by atoms with Gasteiger partial charge in [-0.05, 0) is 70.6 Å². The second-order valence-corrected chi connectivity index (χ2v) is 17.8. The van der Waals surface area contributed by atoms with Gasteiger partial charge in [-0.2, -0.15) is 0 Å². The smallest absolute Gasteiger partial charge is 0.306 e. The van der Waals surface area contributed by atoms with Gasteiger partial charge in [-0.15, -0.1) is 0 Å². The van der Waals surface area contributed by atoms with E-state index in [9.17, 15) is 19.5 Å². The Labute approximate surface area is 392 Å². The van der Waals surface area contributed by atoms with Crippen LogP contribution in [0.3, 0.4) is 0 Å². The maximum Gasteiger partial charge on any atom is 0.306 e. The van der Waals surface area contributed by atoms with Gasteiger partial charge in [0.25, 0.3) is 0 Å². The minimum absolute atomic E-state index is 0.0224. The van der Waals surface area contributed by atoms with Crippen molar-refractivity contribution in [3.8, 4) is 0 Å². The van der Waals surface area contributed by atoms with E-state index in [0.717, 1.165) is 83.5 Å². The topological polar surface area (TPSA) is 102 Å². The Kier molecular flexibility index (Phi) is 43.1. The van der Waals surface area contributed by atoms with Crippen molar-refractivity contribution in [2.45, 2.75) is 199 Å². The van der Waals surface area contributed by atoms with Crippen LogP contribution < -0.4 is 5.11 Å². The number of hydrogen-bond acceptors (Lipinski definition) is 7. The zero-order chi connectivity index (χ0) is 47.0. The third-order valence-corrected chi connectivity index (χ3v) is 10.8. The average molecular weight is 892 g/mol. The van der Waals surface area contributed by atoms with Crippen molar-refractivity contribution in [2.75, 3.05) is 41.0 Å². The molecule has 364 valence electrons. The van der Waals surface area contributed by atoms with Crippen LogP contribution in [0.15, 0.2) is 97.2 Å². The Morgan fingerprint density at radius 3 is 1.42 bits per heavy atom. The number of aliphatic carboxylic acids is 1. The fraction of sp³-hybridized carbons (Fsp3) is 0.661. The predicted octanol–water partition coefficient (Wildman–Crippen LogP) is 13.3. The van der Waals surface area contributed by atoms with Crippen molar-refractivity contribution in [1.82, 2.24) is 0 Å². The summed E-state index contributed by atoms with van der Waals surface area (Å²) in [7, 11) is 5.39. The molecule has 8 heteroatoms. The maximum absolute atomic E-state index is 12.8. The number of hydrogen-bond donors (Lipinski definition) is 0. The minimum Gasteiger partial charge on any atom is -0.544 e. The molecule has 8 nitrogen and oxygen atoms in total. The highest BCUT2D eigenvalue weighted by atomic mass is 16.6. The van der Waals surface area contributed by atoms with E-state index >= 15 is 0 Å². The molecule has 2 unspecified atom stereocenters. The maximum atomic E-state index is 12.8. The van der Waals surface area contributed by atoms with E-state index < -0.39 is 18.1 Å². The predicted molar refractivity (Wildman–Crippen MR) is 268 cm³/mol. The lowest BCUT2D eigenvalue weighted by atomic mass is 10.1. The van der Waals surface area contributed by atoms with Crippen LogP contribution in [0.4, 0.5) is 0 Å². The molecule has 0 saturated heterocycles. The second-order valence-electron chi connectivity index (χ2n) is 17.8. The molecule has 0 radical (unpaired) electrons. The number of esters is 2. The fourth-order valence-corrected chi connectivity index (χ4v) is 6.87. The highest BCUT2D eigenvalue weighted by Gasteiger charge is 2.25. The molecule has 0 N–H and O–H groups in total. The zero-order valence-electron chi connectivity index (χ0n) is 41.4. The number of likely N-dealkylation sites (N-methyl/N-ethyl adjacent to an activating group) is 1. The molecule has 0 aromatic carbocycles. The van der Waals surface area contributed by atoms with E-state index in [1.807, 2.05) is 36.5 Å². The first-order valence-corrected chi connectivity index (χ1v) is 25.3. The Morgan fingerprint density at radius 1 is 0.484 bits per heavy atom. The number of carbonyl (C=O) groups excluding carboxylic acids is 3. The van der Waals surface area contributed by atoms with Crippen molar-refractivity contribution in [3.63, 3.8) is 0 Å². The quantitative estimate of drug-likeness (QED) is 0.0197. The minimum atomic E-state index is -1.13. The van der Waals surface area contributed by atoms with E-state index in [1.165, 1.54) is 70.6 Å². The number of ether oxygens (including phenoxy) is 3. The first-order chi connectivity index (χ1) is 31.1. The molecule has 0 aromatic heterocycles. The van der Waals surface area contributed by atoms with Gasteiger partial charge in [0.05, 0.1) is 40.3 Å². The summed E-state index contributed by atoms with van der Waals surface area (Å²) in [6.07, 6.45) is 61.4. The number of carbonyl (C=O) groups is 3. The van der Waals surface area contributed by atoms with E-state index in [1.54, 1.807) is 21.1 Å². The lowest BCUT2D eigenvalue weighted by molar-refractivity contribution is -0.889. The van der Waals surface area contributed by atoms with Crippen LogP contribution in [0.25, 0.3) is 0 Å². The number of quaternary nitrogens is 1. The van der Waals surface area contributed by atoms with Crippen LogP contribution in [-0.2, 0) is 28.6 Å². The third kappa shape index (κ3) is 43.5. The van der Waals surface area contributed by atoms with Gasteiger partial charge in [0.2, 0.25) is 0 Å². The van der Waals surface area contributed by atoms with Crippen molar-refractivity contribution in [1.29, 1.82) is 0 Å². The van der Waals surface area contributed by atoms with Crippen molar-refractivity contribution >= 4 is 17.9 Å². The van der Waals surface area contributed by atoms with Gasteiger partial charge in [-0.3, -0.25) is 9.59 Å². The number of rotatable bonds is 44. The van der Waals surface area contributed by atoms with Crippen molar-refractivity contribution in [2.24, 2.45) is 0 Å². The normalized spacial score (nSPS) is 13.7. The lowest BCUT2D eigenvalue weighted by Crippen LogP contribution is -2.55. The summed E-state index contributed by atoms with van der Waals surface area (Å²) in [5.41, 5.74) is 0. The number of carboxylic acids is 1. The van der Waals surface area contributed by atoms with Gasteiger partial charge in [0, 0.05) is 19.3 Å². The summed E-state index contributed by atoms with van der Waals surface area (Å²) in [6.45, 7) is 4.51. The van der Waals surface area contributed by atoms with Gasteiger partial charge in [-0.1, -0.05) is 195 Å². The molecule has 0 aromatic rings. The molecule has 0 aliphatic rings. The summed E-state index contributed by atoms with van der Waals surface area (Å²) in [4.78, 5) is 37.0. The van der Waals surface area contributed by atoms with Gasteiger partial charge in [0.15, 0.2) is 6.10 Å². The molecule has 64 heavy (non-hydrogen) atoms. The van der Waals surface area contributed by atoms with Crippen molar-refractivity contribution in [3.05, 3.63) is 97.2 Å². The standard InChI is InChI=1S/C56H93NO7/c1-6-8-10-12-14-16-18-20-22-24-26-27-28-29-31-32-34-36-38-40-42-44-46-54(58)63-51-52(50-62-49-48-53(56(60)61)57(3,4)5)64-55(59)47-45-43-41-39-37-35-33-30-25-23-21-19-17-15-13-11-9-7-2/h11,13-17,19-23,25-27,30,33,52-53H,6-10,12,18,24,28-29,31-32,34-51H2,1-5H3/b13-11+,16-14+,17-15+,21-19+,22-20+,25-23+,27-26+,33-30+. The largest absolute Gasteiger partial charge is 0.544 e. The Hall–Kier alpha value is -3.75. The monoisotopic (exact) mass is 892 g/mol. The summed E-state index contributed by atoms with van der Waals surface area (Å²) < 4.78 is 17.2. The van der Waals surface area contributed by atoms with E-state index in [0.29, 0.717) is 6.42 Å². The third-order valence-electron chi connectivity index (χ3n) is 10.8. The van der Waals surface area contributed by atoms with Crippen LogP contribution in [0.5, 0.6) is 0 Å². The van der Waals surface area contributed by atoms with E-state index in [2.05, 4.69) is 74.6 Å². The molecule has 0 aliphatic carbocycles. The highest BCUT2D eigenvalue weighted by Crippen LogP contribution is 2.14. The molecule has 0 rings (SSSR count). The van der Waals surface area contributed by atoms with Crippen LogP contribution in [-0.4, -0.2) is 75.5 Å². The van der Waals surface area contributed by atoms with Crippen LogP contribution in [0.2, 0.25) is 0 Å². The summed E-state index contributed by atoms with van der Waals surface area (Å²) in [5.74, 6) is -1.78. The van der Waals surface area contributed by atoms with Gasteiger partial charge in [-0.25, -0.2) is 0 Å². The molecule has 0 aliphatic heterocycles. The van der Waals surface area contributed by atoms with Gasteiger partial charge < -0.3 is 28.6 Å². The summed E-state index contributed by atoms with van der Waals surface area (Å²) in [6, 6.07) is -0.738. The SMILES string of the molecule is CCC/C=C/C=C/C=C/C=C/C=C/CCCCCCCC(=O)OC(COCCC(C(=O)[O-])[N+](C)(C)C)COC(=O)CCCCCCCCCCC/C=C/C/C=C/C/C=C/CCCCC. The first-order valence-electron chi connectivity index (χ1n) is 25.3. The molecule has 0 fully saturated rings. The number of nitrogens with zero attached hydrogens (tertiary/aromatic N) is 1. The number of carboxylic acid groups (broad SMARTS) is 1. The fourth-order valence-electron chi connectivity index (χ4n) is 6.87. The molecule has 0 saturated carbocycles. The van der Waals surface area contributed by atoms with Crippen LogP contribution in [0, 0.1) is 0 Å². The number of unbranched alkanes of at least 4 members (excludes halogenated alkanes) is 18. The molecular weight excluding hydrogens is 799 g/mol. The van der Waals surface area contributed by atoms with Gasteiger partial charge >= 0.3 is 11.9 Å². The van der Waals surface area contributed by atoms with Crippen LogP contribution in [0.1, 0.15) is 187 Å². The lowest BCUT2D eigenvalue weighted by Gasteiger charge is -2.34. The summed E-state index contributed by atoms with van der Waals surface area (Å²) in [5, 5.41) is 11.7. The average Bonchev–Trinajstić information content (AvgIpc) is 3.26. The highest BCUT2D eigenvalue weighted by molar-refractivity contribution is 5.70. The second kappa shape index (κ2) is 45.8. The zero-order valence-corrected chi connectivity index (χ0v) is 41.4. The van der Waals surface area contributed by atoms with Crippen molar-refractivity contribution < 1.29 is 38.2 Å². The first kappa shape index (κ1) is 60.2. The molecule has 0 spiro atoms. The van der Waals surface area contributed by atoms with E-state index in [4.69, 9.17) is 14.2 Å². The Morgan fingerprint density at radius 2 is 0.922 bits per heavy atom. The summed E-state index contributed by atoms with van der Waals surface area (Å²) >= 11 is 0. The Bertz CT molecular complexity index is 1360. The van der Waals surface area contributed by atoms with Crippen LogP contribution >= 0.6 is 0 Å². The molecule has 0 heterocycles. The molecule has 2 atom stereocenters. The Balaban J connectivity index is 4.33. The molecular formula is C56H93NO7. The number of allylic oxidation sites excluding steroid dienone is 16. The van der Waals surface area contributed by atoms with E-state index in [-0.39, 0.29) is 49.1 Å². The molecule has 0 bridgehead atoms. The van der Waals surface area contributed by atoms with Gasteiger partial charge in [0.1, 0.15) is 12.6 Å².